The number of halogens is 2. The van der Waals surface area contributed by atoms with E-state index >= 15 is 0 Å². The quantitative estimate of drug-likeness (QED) is 0.479. The van der Waals surface area contributed by atoms with Crippen LogP contribution < -0.4 is 4.74 Å². The SMILES string of the molecule is CN(CCOc1ccc(Cl)cc1)C(=O)CSc1n[nH]c(-c2ccccc2Br)n1. The molecule has 6 nitrogen and oxygen atoms in total. The normalized spacial score (nSPS) is 10.7. The smallest absolute Gasteiger partial charge is 0.232 e. The fourth-order valence-electron chi connectivity index (χ4n) is 2.28. The van der Waals surface area contributed by atoms with Gasteiger partial charge in [-0.1, -0.05) is 57.5 Å². The summed E-state index contributed by atoms with van der Waals surface area (Å²) in [5.41, 5.74) is 0.921. The minimum Gasteiger partial charge on any atom is -0.492 e. The first-order chi connectivity index (χ1) is 13.5. The van der Waals surface area contributed by atoms with E-state index in [1.54, 1.807) is 36.2 Å². The number of H-pyrrole nitrogens is 1. The van der Waals surface area contributed by atoms with Crippen molar-refractivity contribution in [2.24, 2.45) is 0 Å². The van der Waals surface area contributed by atoms with Gasteiger partial charge >= 0.3 is 0 Å². The minimum atomic E-state index is -0.0167. The van der Waals surface area contributed by atoms with Crippen LogP contribution in [0.15, 0.2) is 58.2 Å². The van der Waals surface area contributed by atoms with Crippen molar-refractivity contribution in [3.8, 4) is 17.1 Å². The number of aromatic amines is 1. The van der Waals surface area contributed by atoms with Crippen molar-refractivity contribution in [3.05, 3.63) is 58.0 Å². The molecule has 1 amide bonds. The second-order valence-corrected chi connectivity index (χ2v) is 8.09. The molecule has 0 aliphatic heterocycles. The highest BCUT2D eigenvalue weighted by atomic mass is 79.9. The number of nitrogens with one attached hydrogen (secondary N) is 1. The molecule has 0 aliphatic rings. The number of carbonyl (C=O) groups is 1. The number of rotatable bonds is 8. The Morgan fingerprint density at radius 2 is 2.00 bits per heavy atom. The molecule has 0 bridgehead atoms. The number of likely N-dealkylation sites (N-methyl/N-ethyl adjacent to an activating group) is 1. The zero-order chi connectivity index (χ0) is 19.9. The molecular weight excluding hydrogens is 464 g/mol. The van der Waals surface area contributed by atoms with E-state index < -0.39 is 0 Å². The van der Waals surface area contributed by atoms with E-state index in [2.05, 4.69) is 31.1 Å². The molecule has 9 heteroatoms. The molecule has 0 saturated carbocycles. The molecule has 146 valence electrons. The number of ether oxygens (including phenoxy) is 1. The summed E-state index contributed by atoms with van der Waals surface area (Å²) in [5.74, 6) is 1.62. The van der Waals surface area contributed by atoms with E-state index in [1.165, 1.54) is 11.8 Å². The van der Waals surface area contributed by atoms with Crippen molar-refractivity contribution >= 4 is 45.2 Å². The summed E-state index contributed by atoms with van der Waals surface area (Å²) in [4.78, 5) is 18.4. The lowest BCUT2D eigenvalue weighted by Crippen LogP contribution is -2.32. The van der Waals surface area contributed by atoms with Gasteiger partial charge in [-0.05, 0) is 30.3 Å². The summed E-state index contributed by atoms with van der Waals surface area (Å²) in [6.07, 6.45) is 0. The highest BCUT2D eigenvalue weighted by Gasteiger charge is 2.13. The maximum Gasteiger partial charge on any atom is 0.232 e. The number of benzene rings is 2. The second-order valence-electron chi connectivity index (χ2n) is 5.85. The molecule has 3 rings (SSSR count). The Hall–Kier alpha value is -2.03. The summed E-state index contributed by atoms with van der Waals surface area (Å²) in [6, 6.07) is 14.9. The van der Waals surface area contributed by atoms with Crippen molar-refractivity contribution in [3.63, 3.8) is 0 Å². The van der Waals surface area contributed by atoms with E-state index in [4.69, 9.17) is 16.3 Å². The Bertz CT molecular complexity index is 936. The first-order valence-electron chi connectivity index (χ1n) is 8.45. The van der Waals surface area contributed by atoms with E-state index in [0.717, 1.165) is 15.8 Å². The predicted octanol–water partition coefficient (Wildman–Crippen LogP) is 4.52. The van der Waals surface area contributed by atoms with Gasteiger partial charge in [0.25, 0.3) is 0 Å². The van der Waals surface area contributed by atoms with Crippen molar-refractivity contribution in [1.82, 2.24) is 20.1 Å². The number of hydrogen-bond acceptors (Lipinski definition) is 5. The molecule has 1 N–H and O–H groups in total. The van der Waals surface area contributed by atoms with Gasteiger partial charge in [-0.3, -0.25) is 9.89 Å². The highest BCUT2D eigenvalue weighted by Crippen LogP contribution is 2.26. The summed E-state index contributed by atoms with van der Waals surface area (Å²) >= 11 is 10.6. The largest absolute Gasteiger partial charge is 0.492 e. The lowest BCUT2D eigenvalue weighted by Gasteiger charge is -2.17. The van der Waals surface area contributed by atoms with Gasteiger partial charge in [0.05, 0.1) is 12.3 Å². The summed E-state index contributed by atoms with van der Waals surface area (Å²) in [6.45, 7) is 0.888. The van der Waals surface area contributed by atoms with E-state index in [1.807, 2.05) is 24.3 Å². The predicted molar refractivity (Wildman–Crippen MR) is 115 cm³/mol. The number of amides is 1. The third-order valence-electron chi connectivity index (χ3n) is 3.85. The lowest BCUT2D eigenvalue weighted by atomic mass is 10.2. The van der Waals surface area contributed by atoms with Gasteiger partial charge in [-0.2, -0.15) is 0 Å². The van der Waals surface area contributed by atoms with Crippen LogP contribution in [-0.2, 0) is 4.79 Å². The molecule has 0 spiro atoms. The van der Waals surface area contributed by atoms with E-state index in [0.29, 0.717) is 29.2 Å². The monoisotopic (exact) mass is 480 g/mol. The topological polar surface area (TPSA) is 71.1 Å². The highest BCUT2D eigenvalue weighted by molar-refractivity contribution is 9.10. The fraction of sp³-hybridized carbons (Fsp3) is 0.211. The van der Waals surface area contributed by atoms with Crippen LogP contribution in [0, 0.1) is 0 Å². The van der Waals surface area contributed by atoms with Gasteiger partial charge in [0.2, 0.25) is 11.1 Å². The van der Waals surface area contributed by atoms with E-state index in [-0.39, 0.29) is 11.7 Å². The van der Waals surface area contributed by atoms with Crippen molar-refractivity contribution in [2.75, 3.05) is 26.0 Å². The van der Waals surface area contributed by atoms with Crippen LogP contribution >= 0.6 is 39.3 Å². The fourth-order valence-corrected chi connectivity index (χ4v) is 3.61. The Balaban J connectivity index is 1.44. The van der Waals surface area contributed by atoms with Crippen LogP contribution in [0.2, 0.25) is 5.02 Å². The third-order valence-corrected chi connectivity index (χ3v) is 5.63. The molecule has 0 aliphatic carbocycles. The zero-order valence-electron chi connectivity index (χ0n) is 15.1. The first kappa shape index (κ1) is 20.7. The van der Waals surface area contributed by atoms with Crippen LogP contribution in [0.5, 0.6) is 5.75 Å². The number of thioether (sulfide) groups is 1. The first-order valence-corrected chi connectivity index (χ1v) is 10.6. The third kappa shape index (κ3) is 5.73. The number of aromatic nitrogens is 3. The number of carbonyl (C=O) groups excluding carboxylic acids is 1. The van der Waals surface area contributed by atoms with Crippen LogP contribution in [-0.4, -0.2) is 51.9 Å². The summed E-state index contributed by atoms with van der Waals surface area (Å²) < 4.78 is 6.54. The number of nitrogens with zero attached hydrogens (tertiary/aromatic N) is 3. The van der Waals surface area contributed by atoms with Crippen LogP contribution in [0.4, 0.5) is 0 Å². The van der Waals surface area contributed by atoms with E-state index in [9.17, 15) is 4.79 Å². The molecule has 1 heterocycles. The van der Waals surface area contributed by atoms with Crippen molar-refractivity contribution in [2.45, 2.75) is 5.16 Å². The van der Waals surface area contributed by atoms with Gasteiger partial charge in [0.15, 0.2) is 5.82 Å². The Morgan fingerprint density at radius 3 is 2.75 bits per heavy atom. The van der Waals surface area contributed by atoms with Gasteiger partial charge in [-0.25, -0.2) is 4.98 Å². The van der Waals surface area contributed by atoms with Crippen LogP contribution in [0.3, 0.4) is 0 Å². The van der Waals surface area contributed by atoms with Crippen molar-refractivity contribution in [1.29, 1.82) is 0 Å². The molecule has 0 atom stereocenters. The molecule has 28 heavy (non-hydrogen) atoms. The van der Waals surface area contributed by atoms with Gasteiger partial charge < -0.3 is 9.64 Å². The standard InChI is InChI=1S/C19H18BrClN4O2S/c1-25(10-11-27-14-8-6-13(21)7-9-14)17(26)12-28-19-22-18(23-24-19)15-4-2-3-5-16(15)20/h2-9H,10-12H2,1H3,(H,22,23,24). The summed E-state index contributed by atoms with van der Waals surface area (Å²) in [7, 11) is 1.75. The molecular formula is C19H18BrClN4O2S. The maximum absolute atomic E-state index is 12.3. The Kier molecular flexibility index (Phi) is 7.36. The van der Waals surface area contributed by atoms with Crippen LogP contribution in [0.25, 0.3) is 11.4 Å². The van der Waals surface area contributed by atoms with Gasteiger partial charge in [0, 0.05) is 22.1 Å². The molecule has 0 unspecified atom stereocenters. The molecule has 0 fully saturated rings. The second kappa shape index (κ2) is 9.95. The molecule has 1 aromatic heterocycles. The average molecular weight is 482 g/mol. The average Bonchev–Trinajstić information content (AvgIpc) is 3.16. The van der Waals surface area contributed by atoms with Crippen molar-refractivity contribution < 1.29 is 9.53 Å². The van der Waals surface area contributed by atoms with Crippen LogP contribution in [0.1, 0.15) is 0 Å². The Labute approximate surface area is 180 Å². The maximum atomic E-state index is 12.3. The summed E-state index contributed by atoms with van der Waals surface area (Å²) in [5, 5.41) is 8.27. The molecule has 0 radical (unpaired) electrons. The molecule has 3 aromatic rings. The number of hydrogen-bond donors (Lipinski definition) is 1. The molecule has 2 aromatic carbocycles. The zero-order valence-corrected chi connectivity index (χ0v) is 18.2. The van der Waals surface area contributed by atoms with Gasteiger partial charge in [0.1, 0.15) is 12.4 Å². The molecule has 0 saturated heterocycles. The lowest BCUT2D eigenvalue weighted by molar-refractivity contribution is -0.127. The Morgan fingerprint density at radius 1 is 1.25 bits per heavy atom. The minimum absolute atomic E-state index is 0.0167. The van der Waals surface area contributed by atoms with Gasteiger partial charge in [-0.15, -0.1) is 5.10 Å².